The SMILES string of the molecule is CCCNc1nc(C)c(CCOCl)c(=O)n1C. The van der Waals surface area contributed by atoms with Gasteiger partial charge >= 0.3 is 0 Å². The molecule has 1 aromatic heterocycles. The van der Waals surface area contributed by atoms with Gasteiger partial charge in [0.1, 0.15) is 0 Å². The lowest BCUT2D eigenvalue weighted by atomic mass is 10.2. The summed E-state index contributed by atoms with van der Waals surface area (Å²) in [6.45, 7) is 4.98. The molecule has 0 spiro atoms. The standard InChI is InChI=1S/C11H18ClN3O2/c1-4-6-13-11-14-8(2)9(5-7-17-12)10(16)15(11)3/h4-7H2,1-3H3,(H,13,14). The van der Waals surface area contributed by atoms with Gasteiger partial charge in [0.05, 0.1) is 24.2 Å². The topological polar surface area (TPSA) is 56.2 Å². The molecule has 0 aliphatic heterocycles. The Morgan fingerprint density at radius 1 is 1.53 bits per heavy atom. The van der Waals surface area contributed by atoms with Crippen molar-refractivity contribution in [1.82, 2.24) is 9.55 Å². The molecule has 0 aliphatic carbocycles. The van der Waals surface area contributed by atoms with Crippen LogP contribution in [0.1, 0.15) is 24.6 Å². The molecule has 0 fully saturated rings. The molecule has 17 heavy (non-hydrogen) atoms. The van der Waals surface area contributed by atoms with Gasteiger partial charge in [0, 0.05) is 25.6 Å². The van der Waals surface area contributed by atoms with Crippen molar-refractivity contribution in [3.05, 3.63) is 21.6 Å². The molecule has 0 atom stereocenters. The molecule has 1 aromatic rings. The summed E-state index contributed by atoms with van der Waals surface area (Å²) in [7, 11) is 1.71. The van der Waals surface area contributed by atoms with E-state index in [1.54, 1.807) is 7.05 Å². The summed E-state index contributed by atoms with van der Waals surface area (Å²) >= 11 is 5.15. The molecule has 1 rings (SSSR count). The molecule has 0 aliphatic rings. The van der Waals surface area contributed by atoms with Crippen molar-refractivity contribution in [2.45, 2.75) is 26.7 Å². The molecule has 0 saturated heterocycles. The van der Waals surface area contributed by atoms with Crippen LogP contribution in [0.15, 0.2) is 4.79 Å². The fraction of sp³-hybridized carbons (Fsp3) is 0.636. The van der Waals surface area contributed by atoms with Crippen LogP contribution in [-0.4, -0.2) is 22.7 Å². The number of rotatable bonds is 6. The Labute approximate surface area is 106 Å². The third-order valence-electron chi connectivity index (χ3n) is 2.55. The lowest BCUT2D eigenvalue weighted by Crippen LogP contribution is -2.27. The second-order valence-electron chi connectivity index (χ2n) is 3.85. The number of hydrogen-bond donors (Lipinski definition) is 1. The van der Waals surface area contributed by atoms with Crippen LogP contribution in [0.3, 0.4) is 0 Å². The van der Waals surface area contributed by atoms with Gasteiger partial charge in [-0.1, -0.05) is 6.92 Å². The van der Waals surface area contributed by atoms with Crippen LogP contribution in [0.2, 0.25) is 0 Å². The number of aromatic nitrogens is 2. The number of hydrogen-bond acceptors (Lipinski definition) is 4. The Hall–Kier alpha value is -1.07. The zero-order chi connectivity index (χ0) is 12.8. The molecule has 1 heterocycles. The maximum atomic E-state index is 12.1. The minimum Gasteiger partial charge on any atom is -0.356 e. The van der Waals surface area contributed by atoms with Gasteiger partial charge in [-0.2, -0.15) is 0 Å². The fourth-order valence-corrected chi connectivity index (χ4v) is 1.66. The third kappa shape index (κ3) is 3.44. The zero-order valence-corrected chi connectivity index (χ0v) is 11.2. The largest absolute Gasteiger partial charge is 0.356 e. The van der Waals surface area contributed by atoms with E-state index in [-0.39, 0.29) is 5.56 Å². The van der Waals surface area contributed by atoms with Crippen LogP contribution in [0, 0.1) is 6.92 Å². The van der Waals surface area contributed by atoms with Crippen molar-refractivity contribution >= 4 is 17.8 Å². The van der Waals surface area contributed by atoms with E-state index in [1.165, 1.54) is 4.57 Å². The van der Waals surface area contributed by atoms with E-state index in [4.69, 9.17) is 11.9 Å². The van der Waals surface area contributed by atoms with E-state index in [0.717, 1.165) is 18.7 Å². The van der Waals surface area contributed by atoms with E-state index in [0.29, 0.717) is 24.5 Å². The van der Waals surface area contributed by atoms with Crippen molar-refractivity contribution in [1.29, 1.82) is 0 Å². The van der Waals surface area contributed by atoms with Crippen LogP contribution < -0.4 is 10.9 Å². The van der Waals surface area contributed by atoms with E-state index in [1.807, 2.05) is 6.92 Å². The number of halogens is 1. The second-order valence-corrected chi connectivity index (χ2v) is 4.07. The molecule has 0 radical (unpaired) electrons. The van der Waals surface area contributed by atoms with Crippen LogP contribution in [-0.2, 0) is 17.8 Å². The van der Waals surface area contributed by atoms with Crippen LogP contribution in [0.25, 0.3) is 0 Å². The van der Waals surface area contributed by atoms with Crippen molar-refractivity contribution < 1.29 is 4.29 Å². The first-order valence-electron chi connectivity index (χ1n) is 5.65. The number of nitrogens with one attached hydrogen (secondary N) is 1. The smallest absolute Gasteiger partial charge is 0.258 e. The maximum absolute atomic E-state index is 12.1. The summed E-state index contributed by atoms with van der Waals surface area (Å²) in [6.07, 6.45) is 1.46. The monoisotopic (exact) mass is 259 g/mol. The first-order chi connectivity index (χ1) is 8.11. The predicted molar refractivity (Wildman–Crippen MR) is 68.5 cm³/mol. The van der Waals surface area contributed by atoms with Gasteiger partial charge in [0.25, 0.3) is 5.56 Å². The first kappa shape index (κ1) is 14.0. The van der Waals surface area contributed by atoms with Gasteiger partial charge in [-0.05, 0) is 13.3 Å². The van der Waals surface area contributed by atoms with Gasteiger partial charge in [-0.3, -0.25) is 13.7 Å². The van der Waals surface area contributed by atoms with Crippen LogP contribution >= 0.6 is 11.9 Å². The van der Waals surface area contributed by atoms with Crippen molar-refractivity contribution in [3.8, 4) is 0 Å². The average Bonchev–Trinajstić information content (AvgIpc) is 2.32. The van der Waals surface area contributed by atoms with Crippen LogP contribution in [0.4, 0.5) is 5.95 Å². The van der Waals surface area contributed by atoms with Gasteiger partial charge in [0.15, 0.2) is 0 Å². The Morgan fingerprint density at radius 3 is 2.82 bits per heavy atom. The molecule has 0 aromatic carbocycles. The molecular weight excluding hydrogens is 242 g/mol. The summed E-state index contributed by atoms with van der Waals surface area (Å²) < 4.78 is 5.99. The number of nitrogens with zero attached hydrogens (tertiary/aromatic N) is 2. The second kappa shape index (κ2) is 6.61. The Morgan fingerprint density at radius 2 is 2.24 bits per heavy atom. The Balaban J connectivity index is 3.04. The molecule has 0 amide bonds. The summed E-state index contributed by atoms with van der Waals surface area (Å²) in [5.74, 6) is 0.602. The normalized spacial score (nSPS) is 10.6. The number of aryl methyl sites for hydroxylation is 1. The highest BCUT2D eigenvalue weighted by Crippen LogP contribution is 2.06. The van der Waals surface area contributed by atoms with Gasteiger partial charge in [-0.25, -0.2) is 4.98 Å². The molecule has 6 heteroatoms. The first-order valence-corrected chi connectivity index (χ1v) is 5.96. The van der Waals surface area contributed by atoms with Crippen molar-refractivity contribution in [3.63, 3.8) is 0 Å². The van der Waals surface area contributed by atoms with Gasteiger partial charge < -0.3 is 5.32 Å². The maximum Gasteiger partial charge on any atom is 0.258 e. The molecule has 96 valence electrons. The minimum atomic E-state index is -0.0511. The van der Waals surface area contributed by atoms with E-state index in [9.17, 15) is 4.79 Å². The van der Waals surface area contributed by atoms with Crippen LogP contribution in [0.5, 0.6) is 0 Å². The van der Waals surface area contributed by atoms with Gasteiger partial charge in [-0.15, -0.1) is 0 Å². The summed E-state index contributed by atoms with van der Waals surface area (Å²) in [5, 5.41) is 3.12. The molecule has 0 bridgehead atoms. The number of anilines is 1. The molecule has 1 N–H and O–H groups in total. The third-order valence-corrected chi connectivity index (χ3v) is 2.71. The molecule has 5 nitrogen and oxygen atoms in total. The van der Waals surface area contributed by atoms with Crippen molar-refractivity contribution in [2.75, 3.05) is 18.5 Å². The quantitative estimate of drug-likeness (QED) is 0.844. The highest BCUT2D eigenvalue weighted by molar-refractivity contribution is 6.07. The summed E-state index contributed by atoms with van der Waals surface area (Å²) in [4.78, 5) is 16.4. The molecular formula is C11H18ClN3O2. The van der Waals surface area contributed by atoms with E-state index >= 15 is 0 Å². The minimum absolute atomic E-state index is 0.0511. The lowest BCUT2D eigenvalue weighted by molar-refractivity contribution is 0.355. The molecule has 0 saturated carbocycles. The average molecular weight is 260 g/mol. The lowest BCUT2D eigenvalue weighted by Gasteiger charge is -2.12. The zero-order valence-electron chi connectivity index (χ0n) is 10.4. The molecule has 0 unspecified atom stereocenters. The van der Waals surface area contributed by atoms with E-state index < -0.39 is 0 Å². The van der Waals surface area contributed by atoms with E-state index in [2.05, 4.69) is 21.5 Å². The highest BCUT2D eigenvalue weighted by Gasteiger charge is 2.11. The highest BCUT2D eigenvalue weighted by atomic mass is 35.5. The summed E-state index contributed by atoms with van der Waals surface area (Å²) in [6, 6.07) is 0. The predicted octanol–water partition coefficient (Wildman–Crippen LogP) is 1.62. The van der Waals surface area contributed by atoms with Gasteiger partial charge in [0.2, 0.25) is 5.95 Å². The Kier molecular flexibility index (Phi) is 5.44. The van der Waals surface area contributed by atoms with Crippen molar-refractivity contribution in [2.24, 2.45) is 7.05 Å². The summed E-state index contributed by atoms with van der Waals surface area (Å²) in [5.41, 5.74) is 1.32. The Bertz CT molecular complexity index is 431. The fourth-order valence-electron chi connectivity index (χ4n) is 1.58.